The molecular formula is C9H15NO2. The van der Waals surface area contributed by atoms with E-state index in [0.717, 1.165) is 32.5 Å². The topological polar surface area (TPSA) is 40.5 Å². The number of carboxylic acids is 1. The van der Waals surface area contributed by atoms with Gasteiger partial charge in [0.1, 0.15) is 0 Å². The Hall–Kier alpha value is -0.830. The molecule has 3 nitrogen and oxygen atoms in total. The van der Waals surface area contributed by atoms with Crippen LogP contribution in [0.25, 0.3) is 0 Å². The van der Waals surface area contributed by atoms with Crippen molar-refractivity contribution in [1.29, 1.82) is 0 Å². The lowest BCUT2D eigenvalue weighted by Gasteiger charge is -2.36. The average molecular weight is 169 g/mol. The Labute approximate surface area is 72.7 Å². The van der Waals surface area contributed by atoms with Crippen LogP contribution in [0, 0.1) is 5.92 Å². The Balaban J connectivity index is 2.02. The van der Waals surface area contributed by atoms with Crippen molar-refractivity contribution in [2.24, 2.45) is 5.92 Å². The molecule has 0 saturated carbocycles. The summed E-state index contributed by atoms with van der Waals surface area (Å²) in [5.41, 5.74) is 0. The first kappa shape index (κ1) is 9.26. The fourth-order valence-corrected chi connectivity index (χ4v) is 1.37. The summed E-state index contributed by atoms with van der Waals surface area (Å²) in [5, 5.41) is 8.58. The van der Waals surface area contributed by atoms with Crippen LogP contribution in [0.3, 0.4) is 0 Å². The van der Waals surface area contributed by atoms with Crippen LogP contribution < -0.4 is 0 Å². The summed E-state index contributed by atoms with van der Waals surface area (Å²) in [6, 6.07) is 0. The molecule has 1 aliphatic heterocycles. The van der Waals surface area contributed by atoms with Crippen molar-refractivity contribution in [2.75, 3.05) is 19.6 Å². The van der Waals surface area contributed by atoms with E-state index in [1.165, 1.54) is 0 Å². The summed E-state index contributed by atoms with van der Waals surface area (Å²) >= 11 is 0. The van der Waals surface area contributed by atoms with E-state index in [1.807, 2.05) is 6.08 Å². The van der Waals surface area contributed by atoms with Crippen molar-refractivity contribution in [1.82, 2.24) is 4.90 Å². The molecule has 0 amide bonds. The Bertz CT molecular complexity index is 173. The van der Waals surface area contributed by atoms with E-state index in [4.69, 9.17) is 5.11 Å². The van der Waals surface area contributed by atoms with Crippen LogP contribution >= 0.6 is 0 Å². The van der Waals surface area contributed by atoms with E-state index in [2.05, 4.69) is 11.5 Å². The van der Waals surface area contributed by atoms with E-state index in [9.17, 15) is 4.79 Å². The summed E-state index contributed by atoms with van der Waals surface area (Å²) in [6.07, 6.45) is 4.01. The molecule has 1 rings (SSSR count). The maximum Gasteiger partial charge on any atom is 0.309 e. The predicted molar refractivity (Wildman–Crippen MR) is 47.0 cm³/mol. The Morgan fingerprint density at radius 2 is 2.33 bits per heavy atom. The van der Waals surface area contributed by atoms with E-state index in [0.29, 0.717) is 0 Å². The van der Waals surface area contributed by atoms with E-state index >= 15 is 0 Å². The number of carbonyl (C=O) groups is 1. The molecule has 1 aliphatic rings. The Morgan fingerprint density at radius 1 is 1.67 bits per heavy atom. The zero-order valence-electron chi connectivity index (χ0n) is 7.20. The first-order chi connectivity index (χ1) is 5.74. The first-order valence-corrected chi connectivity index (χ1v) is 4.30. The standard InChI is InChI=1S/C9H15NO2/c1-2-3-4-5-10-6-8(7-10)9(11)12/h2,8H,1,3-7H2,(H,11,12). The highest BCUT2D eigenvalue weighted by atomic mass is 16.4. The minimum absolute atomic E-state index is 0.117. The maximum absolute atomic E-state index is 10.4. The van der Waals surface area contributed by atoms with Crippen LogP contribution in [0.5, 0.6) is 0 Å². The molecule has 0 aliphatic carbocycles. The second kappa shape index (κ2) is 4.26. The molecule has 0 radical (unpaired) electrons. The lowest BCUT2D eigenvalue weighted by Crippen LogP contribution is -2.50. The van der Waals surface area contributed by atoms with Gasteiger partial charge in [0.2, 0.25) is 0 Å². The molecule has 0 unspecified atom stereocenters. The van der Waals surface area contributed by atoms with Crippen LogP contribution in [0.15, 0.2) is 12.7 Å². The number of aliphatic carboxylic acids is 1. The van der Waals surface area contributed by atoms with Crippen molar-refractivity contribution >= 4 is 5.97 Å². The van der Waals surface area contributed by atoms with Gasteiger partial charge >= 0.3 is 5.97 Å². The highest BCUT2D eigenvalue weighted by Gasteiger charge is 2.31. The minimum atomic E-state index is -0.657. The van der Waals surface area contributed by atoms with Crippen LogP contribution in [-0.2, 0) is 4.79 Å². The molecule has 12 heavy (non-hydrogen) atoms. The molecular weight excluding hydrogens is 154 g/mol. The van der Waals surface area contributed by atoms with Gasteiger partial charge in [0.25, 0.3) is 0 Å². The van der Waals surface area contributed by atoms with E-state index < -0.39 is 5.97 Å². The number of unbranched alkanes of at least 4 members (excludes halogenated alkanes) is 1. The molecule has 0 aromatic heterocycles. The van der Waals surface area contributed by atoms with Gasteiger partial charge in [0.15, 0.2) is 0 Å². The lowest BCUT2D eigenvalue weighted by atomic mass is 10.0. The number of rotatable bonds is 5. The molecule has 0 aromatic carbocycles. The second-order valence-electron chi connectivity index (χ2n) is 3.23. The van der Waals surface area contributed by atoms with Crippen LogP contribution in [0.1, 0.15) is 12.8 Å². The van der Waals surface area contributed by atoms with Gasteiger partial charge in [-0.3, -0.25) is 4.79 Å². The van der Waals surface area contributed by atoms with Crippen molar-refractivity contribution in [3.63, 3.8) is 0 Å². The van der Waals surface area contributed by atoms with Crippen LogP contribution in [-0.4, -0.2) is 35.6 Å². The van der Waals surface area contributed by atoms with Gasteiger partial charge in [-0.15, -0.1) is 6.58 Å². The van der Waals surface area contributed by atoms with Gasteiger partial charge in [0, 0.05) is 13.1 Å². The molecule has 1 fully saturated rings. The van der Waals surface area contributed by atoms with Crippen molar-refractivity contribution < 1.29 is 9.90 Å². The predicted octanol–water partition coefficient (Wildman–Crippen LogP) is 0.969. The van der Waals surface area contributed by atoms with Gasteiger partial charge in [-0.25, -0.2) is 0 Å². The van der Waals surface area contributed by atoms with Crippen LogP contribution in [0.2, 0.25) is 0 Å². The molecule has 1 saturated heterocycles. The summed E-state index contributed by atoms with van der Waals surface area (Å²) in [5.74, 6) is -0.774. The largest absolute Gasteiger partial charge is 0.481 e. The molecule has 0 aromatic rings. The smallest absolute Gasteiger partial charge is 0.309 e. The zero-order valence-corrected chi connectivity index (χ0v) is 7.20. The number of hydrogen-bond donors (Lipinski definition) is 1. The van der Waals surface area contributed by atoms with Crippen molar-refractivity contribution in [3.8, 4) is 0 Å². The fraction of sp³-hybridized carbons (Fsp3) is 0.667. The molecule has 1 heterocycles. The summed E-state index contributed by atoms with van der Waals surface area (Å²) < 4.78 is 0. The third kappa shape index (κ3) is 2.34. The number of hydrogen-bond acceptors (Lipinski definition) is 2. The number of nitrogens with zero attached hydrogens (tertiary/aromatic N) is 1. The molecule has 3 heteroatoms. The SMILES string of the molecule is C=CCCCN1CC(C(=O)O)C1. The number of carboxylic acid groups (broad SMARTS) is 1. The second-order valence-corrected chi connectivity index (χ2v) is 3.23. The first-order valence-electron chi connectivity index (χ1n) is 4.30. The molecule has 0 bridgehead atoms. The zero-order chi connectivity index (χ0) is 8.97. The van der Waals surface area contributed by atoms with Crippen molar-refractivity contribution in [3.05, 3.63) is 12.7 Å². The third-order valence-electron chi connectivity index (χ3n) is 2.19. The molecule has 0 spiro atoms. The fourth-order valence-electron chi connectivity index (χ4n) is 1.37. The minimum Gasteiger partial charge on any atom is -0.481 e. The quantitative estimate of drug-likeness (QED) is 0.492. The Morgan fingerprint density at radius 3 is 2.83 bits per heavy atom. The summed E-state index contributed by atoms with van der Waals surface area (Å²) in [7, 11) is 0. The highest BCUT2D eigenvalue weighted by molar-refractivity contribution is 5.71. The summed E-state index contributed by atoms with van der Waals surface area (Å²) in [4.78, 5) is 12.6. The third-order valence-corrected chi connectivity index (χ3v) is 2.19. The monoisotopic (exact) mass is 169 g/mol. The van der Waals surface area contributed by atoms with E-state index in [1.54, 1.807) is 0 Å². The van der Waals surface area contributed by atoms with Crippen LogP contribution in [0.4, 0.5) is 0 Å². The van der Waals surface area contributed by atoms with Gasteiger partial charge in [-0.2, -0.15) is 0 Å². The molecule has 68 valence electrons. The normalized spacial score (nSPS) is 18.7. The molecule has 1 N–H and O–H groups in total. The van der Waals surface area contributed by atoms with E-state index in [-0.39, 0.29) is 5.92 Å². The number of likely N-dealkylation sites (tertiary alicyclic amines) is 1. The maximum atomic E-state index is 10.4. The number of allylic oxidation sites excluding steroid dienone is 1. The van der Waals surface area contributed by atoms with Gasteiger partial charge in [-0.05, 0) is 19.4 Å². The lowest BCUT2D eigenvalue weighted by molar-refractivity contribution is -0.147. The highest BCUT2D eigenvalue weighted by Crippen LogP contribution is 2.15. The molecule has 0 atom stereocenters. The van der Waals surface area contributed by atoms with Gasteiger partial charge in [-0.1, -0.05) is 6.08 Å². The van der Waals surface area contributed by atoms with Gasteiger partial charge < -0.3 is 10.0 Å². The Kier molecular flexibility index (Phi) is 3.29. The summed E-state index contributed by atoms with van der Waals surface area (Å²) in [6.45, 7) is 6.10. The van der Waals surface area contributed by atoms with Gasteiger partial charge in [0.05, 0.1) is 5.92 Å². The average Bonchev–Trinajstić information content (AvgIpc) is 1.93. The van der Waals surface area contributed by atoms with Crippen molar-refractivity contribution in [2.45, 2.75) is 12.8 Å².